The van der Waals surface area contributed by atoms with Crippen molar-refractivity contribution in [2.24, 2.45) is 5.92 Å². The number of carboxylic acids is 1. The Labute approximate surface area is 109 Å². The quantitative estimate of drug-likeness (QED) is 0.884. The first-order chi connectivity index (χ1) is 8.59. The monoisotopic (exact) mass is 249 g/mol. The number of aryl methyl sites for hydroxylation is 2. The van der Waals surface area contributed by atoms with Gasteiger partial charge < -0.3 is 9.67 Å². The highest BCUT2D eigenvalue weighted by molar-refractivity contribution is 5.67. The highest BCUT2D eigenvalue weighted by Crippen LogP contribution is 2.36. The Balaban J connectivity index is 2.26. The number of carbonyl (C=O) groups is 1. The maximum atomic E-state index is 11.2. The molecule has 18 heavy (non-hydrogen) atoms. The Hall–Kier alpha value is -1.25. The van der Waals surface area contributed by atoms with Crippen LogP contribution in [-0.4, -0.2) is 15.6 Å². The van der Waals surface area contributed by atoms with Gasteiger partial charge in [0.25, 0.3) is 0 Å². The van der Waals surface area contributed by atoms with Crippen LogP contribution in [0, 0.1) is 19.8 Å². The summed E-state index contributed by atoms with van der Waals surface area (Å²) in [4.78, 5) is 11.2. The largest absolute Gasteiger partial charge is 0.481 e. The van der Waals surface area contributed by atoms with E-state index in [0.717, 1.165) is 0 Å². The fourth-order valence-electron chi connectivity index (χ4n) is 3.37. The predicted octanol–water partition coefficient (Wildman–Crippen LogP) is 3.70. The van der Waals surface area contributed by atoms with Crippen molar-refractivity contribution < 1.29 is 9.90 Å². The molecule has 1 heterocycles. The number of aliphatic carboxylic acids is 1. The van der Waals surface area contributed by atoms with E-state index in [2.05, 4.69) is 30.5 Å². The normalized spacial score (nSPS) is 18.8. The summed E-state index contributed by atoms with van der Waals surface area (Å²) in [7, 11) is 0. The second-order valence-electron chi connectivity index (χ2n) is 5.55. The summed E-state index contributed by atoms with van der Waals surface area (Å²) in [5, 5.41) is 9.18. The fraction of sp³-hybridized carbons (Fsp3) is 0.667. The average Bonchev–Trinajstić information content (AvgIpc) is 2.67. The molecule has 0 aromatic carbocycles. The highest BCUT2D eigenvalue weighted by atomic mass is 16.4. The van der Waals surface area contributed by atoms with Gasteiger partial charge in [0.15, 0.2) is 0 Å². The third kappa shape index (κ3) is 2.77. The van der Waals surface area contributed by atoms with Crippen LogP contribution in [0.3, 0.4) is 0 Å². The lowest BCUT2D eigenvalue weighted by Crippen LogP contribution is -2.25. The minimum atomic E-state index is -0.682. The molecule has 2 rings (SSSR count). The molecule has 0 saturated heterocycles. The van der Waals surface area contributed by atoms with E-state index >= 15 is 0 Å². The molecule has 1 fully saturated rings. The lowest BCUT2D eigenvalue weighted by molar-refractivity contribution is -0.138. The third-order valence-electron chi connectivity index (χ3n) is 4.24. The molecule has 0 amide bonds. The van der Waals surface area contributed by atoms with Crippen molar-refractivity contribution in [1.29, 1.82) is 0 Å². The minimum Gasteiger partial charge on any atom is -0.481 e. The van der Waals surface area contributed by atoms with Crippen LogP contribution in [0.5, 0.6) is 0 Å². The molecule has 1 aromatic rings. The third-order valence-corrected chi connectivity index (χ3v) is 4.24. The van der Waals surface area contributed by atoms with Gasteiger partial charge in [0.05, 0.1) is 6.42 Å². The summed E-state index contributed by atoms with van der Waals surface area (Å²) >= 11 is 0. The summed E-state index contributed by atoms with van der Waals surface area (Å²) in [6, 6.07) is 4.32. The van der Waals surface area contributed by atoms with Crippen LogP contribution >= 0.6 is 0 Å². The van der Waals surface area contributed by atoms with Crippen LogP contribution in [0.2, 0.25) is 0 Å². The zero-order valence-corrected chi connectivity index (χ0v) is 11.4. The van der Waals surface area contributed by atoms with Gasteiger partial charge in [-0.05, 0) is 44.7 Å². The Kier molecular flexibility index (Phi) is 4.10. The predicted molar refractivity (Wildman–Crippen MR) is 71.8 cm³/mol. The van der Waals surface area contributed by atoms with E-state index in [4.69, 9.17) is 0 Å². The summed E-state index contributed by atoms with van der Waals surface area (Å²) in [5.41, 5.74) is 2.37. The maximum absolute atomic E-state index is 11.2. The Morgan fingerprint density at radius 1 is 1.28 bits per heavy atom. The van der Waals surface area contributed by atoms with Crippen molar-refractivity contribution in [3.8, 4) is 0 Å². The van der Waals surface area contributed by atoms with Gasteiger partial charge in [-0.25, -0.2) is 0 Å². The lowest BCUT2D eigenvalue weighted by atomic mass is 9.82. The van der Waals surface area contributed by atoms with Crippen LogP contribution in [0.15, 0.2) is 12.1 Å². The SMILES string of the molecule is Cc1ccc(C)n1[C@@H](CC(=O)O)C1CCCCC1. The second-order valence-corrected chi connectivity index (χ2v) is 5.55. The van der Waals surface area contributed by atoms with E-state index in [1.54, 1.807) is 0 Å². The van der Waals surface area contributed by atoms with E-state index in [1.807, 2.05) is 0 Å². The van der Waals surface area contributed by atoms with Crippen molar-refractivity contribution in [2.45, 2.75) is 58.4 Å². The number of rotatable bonds is 4. The van der Waals surface area contributed by atoms with Gasteiger partial charge in [-0.2, -0.15) is 0 Å². The lowest BCUT2D eigenvalue weighted by Gasteiger charge is -2.32. The van der Waals surface area contributed by atoms with Crippen LogP contribution in [0.4, 0.5) is 0 Å². The van der Waals surface area contributed by atoms with Crippen LogP contribution in [0.25, 0.3) is 0 Å². The molecule has 0 radical (unpaired) electrons. The molecule has 3 heteroatoms. The van der Waals surface area contributed by atoms with E-state index in [0.29, 0.717) is 5.92 Å². The van der Waals surface area contributed by atoms with E-state index in [1.165, 1.54) is 43.5 Å². The molecule has 100 valence electrons. The molecular weight excluding hydrogens is 226 g/mol. The van der Waals surface area contributed by atoms with Gasteiger partial charge >= 0.3 is 5.97 Å². The first-order valence-corrected chi connectivity index (χ1v) is 6.96. The average molecular weight is 249 g/mol. The van der Waals surface area contributed by atoms with Crippen molar-refractivity contribution in [3.05, 3.63) is 23.5 Å². The van der Waals surface area contributed by atoms with Crippen molar-refractivity contribution in [3.63, 3.8) is 0 Å². The fourth-order valence-corrected chi connectivity index (χ4v) is 3.37. The van der Waals surface area contributed by atoms with E-state index < -0.39 is 5.97 Å². The number of nitrogens with zero attached hydrogens (tertiary/aromatic N) is 1. The standard InChI is InChI=1S/C15H23NO2/c1-11-8-9-12(2)16(11)14(10-15(17)18)13-6-4-3-5-7-13/h8-9,13-14H,3-7,10H2,1-2H3,(H,17,18)/t14-/m0/s1. The topological polar surface area (TPSA) is 42.2 Å². The minimum absolute atomic E-state index is 0.137. The summed E-state index contributed by atoms with van der Waals surface area (Å²) in [6.45, 7) is 4.15. The first kappa shape index (κ1) is 13.2. The maximum Gasteiger partial charge on any atom is 0.305 e. The number of aromatic nitrogens is 1. The Morgan fingerprint density at radius 2 is 1.83 bits per heavy atom. The van der Waals surface area contributed by atoms with Crippen LogP contribution in [0.1, 0.15) is 56.0 Å². The number of hydrogen-bond acceptors (Lipinski definition) is 1. The summed E-state index contributed by atoms with van der Waals surface area (Å²) in [5.74, 6) is -0.155. The molecule has 0 spiro atoms. The molecule has 0 aliphatic heterocycles. The number of carboxylic acid groups (broad SMARTS) is 1. The van der Waals surface area contributed by atoms with Crippen LogP contribution < -0.4 is 0 Å². The van der Waals surface area contributed by atoms with Crippen molar-refractivity contribution in [1.82, 2.24) is 4.57 Å². The van der Waals surface area contributed by atoms with E-state index in [-0.39, 0.29) is 12.5 Å². The van der Waals surface area contributed by atoms with Gasteiger partial charge in [0, 0.05) is 17.4 Å². The molecule has 1 N–H and O–H groups in total. The van der Waals surface area contributed by atoms with Crippen molar-refractivity contribution in [2.75, 3.05) is 0 Å². The van der Waals surface area contributed by atoms with E-state index in [9.17, 15) is 9.90 Å². The highest BCUT2D eigenvalue weighted by Gasteiger charge is 2.28. The van der Waals surface area contributed by atoms with Gasteiger partial charge in [0.1, 0.15) is 0 Å². The molecule has 1 aliphatic rings. The Morgan fingerprint density at radius 3 is 2.33 bits per heavy atom. The first-order valence-electron chi connectivity index (χ1n) is 6.96. The Bertz CT molecular complexity index is 397. The molecular formula is C15H23NO2. The van der Waals surface area contributed by atoms with Crippen LogP contribution in [-0.2, 0) is 4.79 Å². The van der Waals surface area contributed by atoms with Gasteiger partial charge in [0.2, 0.25) is 0 Å². The second kappa shape index (κ2) is 5.59. The van der Waals surface area contributed by atoms with Crippen molar-refractivity contribution >= 4 is 5.97 Å². The zero-order chi connectivity index (χ0) is 13.1. The number of hydrogen-bond donors (Lipinski definition) is 1. The summed E-state index contributed by atoms with van der Waals surface area (Å²) < 4.78 is 2.24. The smallest absolute Gasteiger partial charge is 0.305 e. The van der Waals surface area contributed by atoms with Gasteiger partial charge in [-0.1, -0.05) is 19.3 Å². The molecule has 1 aliphatic carbocycles. The van der Waals surface area contributed by atoms with Gasteiger partial charge in [-0.3, -0.25) is 4.79 Å². The zero-order valence-electron chi connectivity index (χ0n) is 11.4. The molecule has 1 aromatic heterocycles. The summed E-state index contributed by atoms with van der Waals surface area (Å²) in [6.07, 6.45) is 6.41. The molecule has 1 atom stereocenters. The van der Waals surface area contributed by atoms with Gasteiger partial charge in [-0.15, -0.1) is 0 Å². The molecule has 1 saturated carbocycles. The molecule has 0 bridgehead atoms. The molecule has 0 unspecified atom stereocenters. The molecule has 3 nitrogen and oxygen atoms in total.